The maximum atomic E-state index is 6.46. The number of methoxy groups -OCH3 is 1. The van der Waals surface area contributed by atoms with Gasteiger partial charge in [0, 0.05) is 13.1 Å². The SMILES string of the molecule is CCn1nnnc1NCc1cc(Cl)c(OCc2ccccc2C)c(OC)c1. The van der Waals surface area contributed by atoms with Gasteiger partial charge in [-0.1, -0.05) is 41.0 Å². The van der Waals surface area contributed by atoms with E-state index >= 15 is 0 Å². The highest BCUT2D eigenvalue weighted by Gasteiger charge is 2.13. The Morgan fingerprint density at radius 1 is 1.22 bits per heavy atom. The van der Waals surface area contributed by atoms with E-state index < -0.39 is 0 Å². The van der Waals surface area contributed by atoms with Crippen LogP contribution in [0, 0.1) is 6.92 Å². The summed E-state index contributed by atoms with van der Waals surface area (Å²) in [5.74, 6) is 1.72. The number of ether oxygens (including phenoxy) is 2. The van der Waals surface area contributed by atoms with Crippen LogP contribution < -0.4 is 14.8 Å². The monoisotopic (exact) mass is 387 g/mol. The Balaban J connectivity index is 1.73. The van der Waals surface area contributed by atoms with Crippen LogP contribution >= 0.6 is 11.6 Å². The lowest BCUT2D eigenvalue weighted by Gasteiger charge is -2.15. The fraction of sp³-hybridized carbons (Fsp3) is 0.316. The smallest absolute Gasteiger partial charge is 0.243 e. The van der Waals surface area contributed by atoms with E-state index in [2.05, 4.69) is 33.8 Å². The van der Waals surface area contributed by atoms with Crippen molar-refractivity contribution in [2.75, 3.05) is 12.4 Å². The quantitative estimate of drug-likeness (QED) is 0.632. The second-order valence-corrected chi connectivity index (χ2v) is 6.40. The third-order valence-corrected chi connectivity index (χ3v) is 4.49. The minimum Gasteiger partial charge on any atom is -0.493 e. The number of tetrazole rings is 1. The molecule has 1 N–H and O–H groups in total. The summed E-state index contributed by atoms with van der Waals surface area (Å²) in [6.07, 6.45) is 0. The Kier molecular flexibility index (Phi) is 6.13. The molecule has 0 amide bonds. The summed E-state index contributed by atoms with van der Waals surface area (Å²) in [5, 5.41) is 15.2. The molecule has 1 aromatic heterocycles. The van der Waals surface area contributed by atoms with E-state index in [1.807, 2.05) is 37.3 Å². The highest BCUT2D eigenvalue weighted by Crippen LogP contribution is 2.37. The topological polar surface area (TPSA) is 74.1 Å². The lowest BCUT2D eigenvalue weighted by atomic mass is 10.1. The van der Waals surface area contributed by atoms with Gasteiger partial charge in [0.1, 0.15) is 6.61 Å². The highest BCUT2D eigenvalue weighted by molar-refractivity contribution is 6.32. The van der Waals surface area contributed by atoms with E-state index in [9.17, 15) is 0 Å². The Morgan fingerprint density at radius 2 is 2.04 bits per heavy atom. The fourth-order valence-electron chi connectivity index (χ4n) is 2.66. The van der Waals surface area contributed by atoms with Crippen LogP contribution in [0.3, 0.4) is 0 Å². The van der Waals surface area contributed by atoms with Crippen LogP contribution in [0.25, 0.3) is 0 Å². The van der Waals surface area contributed by atoms with Crippen molar-refractivity contribution in [2.24, 2.45) is 0 Å². The number of hydrogen-bond donors (Lipinski definition) is 1. The number of hydrogen-bond acceptors (Lipinski definition) is 6. The van der Waals surface area contributed by atoms with Crippen LogP contribution in [0.2, 0.25) is 5.02 Å². The Morgan fingerprint density at radius 3 is 2.78 bits per heavy atom. The maximum absolute atomic E-state index is 6.46. The van der Waals surface area contributed by atoms with Gasteiger partial charge < -0.3 is 14.8 Å². The third-order valence-electron chi connectivity index (χ3n) is 4.20. The first-order valence-electron chi connectivity index (χ1n) is 8.66. The molecule has 3 rings (SSSR count). The van der Waals surface area contributed by atoms with Crippen molar-refractivity contribution < 1.29 is 9.47 Å². The highest BCUT2D eigenvalue weighted by atomic mass is 35.5. The van der Waals surface area contributed by atoms with E-state index in [1.54, 1.807) is 11.8 Å². The molecule has 0 saturated heterocycles. The molecule has 0 bridgehead atoms. The first-order valence-corrected chi connectivity index (χ1v) is 9.04. The van der Waals surface area contributed by atoms with Crippen LogP contribution in [0.15, 0.2) is 36.4 Å². The second kappa shape index (κ2) is 8.73. The summed E-state index contributed by atoms with van der Waals surface area (Å²) in [6, 6.07) is 11.8. The van der Waals surface area contributed by atoms with E-state index in [4.69, 9.17) is 21.1 Å². The average molecular weight is 388 g/mol. The molecule has 0 aliphatic heterocycles. The number of nitrogens with zero attached hydrogens (tertiary/aromatic N) is 4. The van der Waals surface area contributed by atoms with Gasteiger partial charge in [-0.05, 0) is 53.1 Å². The molecule has 3 aromatic rings. The van der Waals surface area contributed by atoms with Crippen molar-refractivity contribution in [3.8, 4) is 11.5 Å². The largest absolute Gasteiger partial charge is 0.493 e. The number of anilines is 1. The average Bonchev–Trinajstić information content (AvgIpc) is 3.14. The molecule has 0 unspecified atom stereocenters. The number of nitrogens with one attached hydrogen (secondary N) is 1. The minimum atomic E-state index is 0.422. The molecule has 27 heavy (non-hydrogen) atoms. The number of aromatic nitrogens is 4. The van der Waals surface area contributed by atoms with E-state index in [0.717, 1.165) is 11.1 Å². The Labute approximate surface area is 163 Å². The normalized spacial score (nSPS) is 10.7. The lowest BCUT2D eigenvalue weighted by Crippen LogP contribution is -2.08. The number of rotatable bonds is 8. The van der Waals surface area contributed by atoms with Gasteiger partial charge in [-0.3, -0.25) is 0 Å². The van der Waals surface area contributed by atoms with Gasteiger partial charge in [0.25, 0.3) is 0 Å². The predicted molar refractivity (Wildman–Crippen MR) is 104 cm³/mol. The van der Waals surface area contributed by atoms with E-state index in [0.29, 0.717) is 42.2 Å². The summed E-state index contributed by atoms with van der Waals surface area (Å²) in [7, 11) is 1.60. The molecule has 0 aliphatic carbocycles. The summed E-state index contributed by atoms with van der Waals surface area (Å²) in [5.41, 5.74) is 3.21. The lowest BCUT2D eigenvalue weighted by molar-refractivity contribution is 0.284. The molecular weight excluding hydrogens is 366 g/mol. The minimum absolute atomic E-state index is 0.422. The van der Waals surface area contributed by atoms with Gasteiger partial charge in [0.2, 0.25) is 5.95 Å². The third kappa shape index (κ3) is 4.49. The fourth-order valence-corrected chi connectivity index (χ4v) is 2.95. The second-order valence-electron chi connectivity index (χ2n) is 6.00. The Hall–Kier alpha value is -2.80. The van der Waals surface area contributed by atoms with Crippen LogP contribution in [0.1, 0.15) is 23.6 Å². The van der Waals surface area contributed by atoms with E-state index in [1.165, 1.54) is 5.56 Å². The van der Waals surface area contributed by atoms with Gasteiger partial charge in [-0.2, -0.15) is 0 Å². The van der Waals surface area contributed by atoms with Crippen LogP contribution in [0.5, 0.6) is 11.5 Å². The van der Waals surface area contributed by atoms with E-state index in [-0.39, 0.29) is 0 Å². The molecular formula is C19H22ClN5O2. The molecule has 0 aliphatic rings. The zero-order valence-corrected chi connectivity index (χ0v) is 16.3. The molecule has 0 radical (unpaired) electrons. The molecule has 0 atom stereocenters. The Bertz CT molecular complexity index is 913. The summed E-state index contributed by atoms with van der Waals surface area (Å²) < 4.78 is 13.1. The predicted octanol–water partition coefficient (Wildman–Crippen LogP) is 3.85. The van der Waals surface area contributed by atoms with Crippen molar-refractivity contribution in [3.63, 3.8) is 0 Å². The molecule has 0 fully saturated rings. The molecule has 7 nitrogen and oxygen atoms in total. The van der Waals surface area contributed by atoms with Crippen LogP contribution in [-0.2, 0) is 19.7 Å². The summed E-state index contributed by atoms with van der Waals surface area (Å²) >= 11 is 6.46. The standard InChI is InChI=1S/C19H22ClN5O2/c1-4-25-19(22-23-24-25)21-11-14-9-16(20)18(17(10-14)26-3)27-12-15-8-6-5-7-13(15)2/h5-10H,4,11-12H2,1-3H3,(H,21,22,24). The van der Waals surface area contributed by atoms with Crippen molar-refractivity contribution in [1.82, 2.24) is 20.2 Å². The van der Waals surface area contributed by atoms with Crippen molar-refractivity contribution >= 4 is 17.5 Å². The number of aryl methyl sites for hydroxylation is 2. The molecule has 2 aromatic carbocycles. The van der Waals surface area contributed by atoms with Gasteiger partial charge in [-0.15, -0.1) is 0 Å². The molecule has 0 saturated carbocycles. The van der Waals surface area contributed by atoms with Gasteiger partial charge in [-0.25, -0.2) is 4.68 Å². The zero-order chi connectivity index (χ0) is 19.2. The van der Waals surface area contributed by atoms with Crippen molar-refractivity contribution in [2.45, 2.75) is 33.5 Å². The van der Waals surface area contributed by atoms with Crippen LogP contribution in [0.4, 0.5) is 5.95 Å². The van der Waals surface area contributed by atoms with Crippen LogP contribution in [-0.4, -0.2) is 27.3 Å². The van der Waals surface area contributed by atoms with Crippen molar-refractivity contribution in [3.05, 3.63) is 58.1 Å². The van der Waals surface area contributed by atoms with Gasteiger partial charge >= 0.3 is 0 Å². The first-order chi connectivity index (χ1) is 13.1. The summed E-state index contributed by atoms with van der Waals surface area (Å²) in [4.78, 5) is 0. The molecule has 8 heteroatoms. The number of halogens is 1. The van der Waals surface area contributed by atoms with Crippen molar-refractivity contribution in [1.29, 1.82) is 0 Å². The molecule has 0 spiro atoms. The maximum Gasteiger partial charge on any atom is 0.243 e. The first kappa shape index (κ1) is 19.0. The summed E-state index contributed by atoms with van der Waals surface area (Å²) in [6.45, 7) is 5.64. The zero-order valence-electron chi connectivity index (χ0n) is 15.6. The van der Waals surface area contributed by atoms with Gasteiger partial charge in [0.05, 0.1) is 12.1 Å². The van der Waals surface area contributed by atoms with Gasteiger partial charge in [0.15, 0.2) is 11.5 Å². The number of benzene rings is 2. The molecule has 142 valence electrons. The molecule has 1 heterocycles.